The number of rotatable bonds is 3. The van der Waals surface area contributed by atoms with E-state index in [1.54, 1.807) is 29.0 Å². The maximum Gasteiger partial charge on any atom is 0.256 e. The molecule has 1 aromatic heterocycles. The molecule has 2 atom stereocenters. The third-order valence-corrected chi connectivity index (χ3v) is 5.32. The zero-order valence-electron chi connectivity index (χ0n) is 11.7. The van der Waals surface area contributed by atoms with Gasteiger partial charge >= 0.3 is 0 Å². The van der Waals surface area contributed by atoms with Crippen molar-refractivity contribution in [1.29, 1.82) is 0 Å². The smallest absolute Gasteiger partial charge is 0.256 e. The molecule has 2 amide bonds. The molecule has 1 N–H and O–H groups in total. The van der Waals surface area contributed by atoms with Gasteiger partial charge in [-0.25, -0.2) is 0 Å². The maximum atomic E-state index is 12.5. The Hall–Kier alpha value is -2.21. The molecule has 4 rings (SSSR count). The van der Waals surface area contributed by atoms with Crippen LogP contribution in [0.3, 0.4) is 0 Å². The SMILES string of the molecule is O=C(NCc1ccco1)[C@@H]1CS[C@@H]2c3ccccc3C(=O)N21. The molecule has 0 saturated carbocycles. The second-order valence-electron chi connectivity index (χ2n) is 5.30. The van der Waals surface area contributed by atoms with Crippen LogP contribution in [0.25, 0.3) is 0 Å². The van der Waals surface area contributed by atoms with Gasteiger partial charge in [-0.3, -0.25) is 9.59 Å². The number of amides is 2. The van der Waals surface area contributed by atoms with E-state index in [1.165, 1.54) is 0 Å². The van der Waals surface area contributed by atoms with Gasteiger partial charge in [0, 0.05) is 11.3 Å². The number of hydrogen-bond donors (Lipinski definition) is 1. The third kappa shape index (κ3) is 2.02. The fourth-order valence-electron chi connectivity index (χ4n) is 2.95. The van der Waals surface area contributed by atoms with Gasteiger partial charge in [-0.05, 0) is 23.8 Å². The molecule has 1 saturated heterocycles. The summed E-state index contributed by atoms with van der Waals surface area (Å²) < 4.78 is 5.20. The molecule has 1 fully saturated rings. The minimum atomic E-state index is -0.426. The lowest BCUT2D eigenvalue weighted by molar-refractivity contribution is -0.125. The summed E-state index contributed by atoms with van der Waals surface area (Å²) in [6.07, 6.45) is 1.57. The van der Waals surface area contributed by atoms with Crippen molar-refractivity contribution in [3.05, 3.63) is 59.5 Å². The van der Waals surface area contributed by atoms with E-state index in [4.69, 9.17) is 4.42 Å². The summed E-state index contributed by atoms with van der Waals surface area (Å²) in [6.45, 7) is 0.340. The number of carbonyl (C=O) groups is 2. The number of thioether (sulfide) groups is 1. The Kier molecular flexibility index (Phi) is 3.18. The Balaban J connectivity index is 1.51. The molecule has 1 aromatic carbocycles. The zero-order valence-corrected chi connectivity index (χ0v) is 12.5. The summed E-state index contributed by atoms with van der Waals surface area (Å²) in [5.41, 5.74) is 1.72. The summed E-state index contributed by atoms with van der Waals surface area (Å²) in [5.74, 6) is 1.14. The van der Waals surface area contributed by atoms with Crippen molar-refractivity contribution in [3.63, 3.8) is 0 Å². The molecule has 0 bridgehead atoms. The lowest BCUT2D eigenvalue weighted by atomic mass is 10.1. The molecule has 22 heavy (non-hydrogen) atoms. The summed E-state index contributed by atoms with van der Waals surface area (Å²) in [6, 6.07) is 10.7. The van der Waals surface area contributed by atoms with Crippen LogP contribution in [0.5, 0.6) is 0 Å². The normalized spacial score (nSPS) is 22.5. The number of nitrogens with zero attached hydrogens (tertiary/aromatic N) is 1. The van der Waals surface area contributed by atoms with E-state index in [1.807, 2.05) is 30.3 Å². The molecule has 0 aliphatic carbocycles. The van der Waals surface area contributed by atoms with Gasteiger partial charge in [0.25, 0.3) is 5.91 Å². The molecule has 0 radical (unpaired) electrons. The van der Waals surface area contributed by atoms with Crippen LogP contribution >= 0.6 is 11.8 Å². The van der Waals surface area contributed by atoms with E-state index in [2.05, 4.69) is 5.32 Å². The monoisotopic (exact) mass is 314 g/mol. The van der Waals surface area contributed by atoms with Crippen molar-refractivity contribution < 1.29 is 14.0 Å². The molecule has 2 aromatic rings. The minimum absolute atomic E-state index is 0.0388. The first-order valence-electron chi connectivity index (χ1n) is 7.09. The highest BCUT2D eigenvalue weighted by Gasteiger charge is 2.48. The van der Waals surface area contributed by atoms with E-state index in [0.29, 0.717) is 23.6 Å². The van der Waals surface area contributed by atoms with Crippen molar-refractivity contribution in [2.24, 2.45) is 0 Å². The second-order valence-corrected chi connectivity index (χ2v) is 6.41. The molecular formula is C16H14N2O3S. The maximum absolute atomic E-state index is 12.5. The van der Waals surface area contributed by atoms with Crippen LogP contribution in [0.1, 0.15) is 27.1 Å². The van der Waals surface area contributed by atoms with E-state index in [-0.39, 0.29) is 17.2 Å². The highest BCUT2D eigenvalue weighted by atomic mass is 32.2. The van der Waals surface area contributed by atoms with Gasteiger partial charge in [0.1, 0.15) is 17.2 Å². The number of fused-ring (bicyclic) bond motifs is 3. The standard InChI is InChI=1S/C16H14N2O3S/c19-14(17-8-10-4-3-7-21-10)13-9-22-16-12-6-2-1-5-11(12)15(20)18(13)16/h1-7,13,16H,8-9H2,(H,17,19)/t13-,16+/m0/s1. The first-order valence-corrected chi connectivity index (χ1v) is 8.14. The van der Waals surface area contributed by atoms with Crippen LogP contribution < -0.4 is 5.32 Å². The Morgan fingerprint density at radius 3 is 3.00 bits per heavy atom. The predicted molar refractivity (Wildman–Crippen MR) is 82.2 cm³/mol. The average molecular weight is 314 g/mol. The highest BCUT2D eigenvalue weighted by molar-refractivity contribution is 7.99. The molecule has 3 heterocycles. The van der Waals surface area contributed by atoms with Crippen LogP contribution in [0, 0.1) is 0 Å². The second kappa shape index (κ2) is 5.21. The number of furan rings is 1. The van der Waals surface area contributed by atoms with Crippen LogP contribution in [-0.4, -0.2) is 28.5 Å². The first kappa shape index (κ1) is 13.5. The summed E-state index contributed by atoms with van der Waals surface area (Å²) in [5, 5.41) is 2.81. The predicted octanol–water partition coefficient (Wildman–Crippen LogP) is 2.17. The van der Waals surface area contributed by atoms with Crippen molar-refractivity contribution >= 4 is 23.6 Å². The molecule has 112 valence electrons. The van der Waals surface area contributed by atoms with Crippen LogP contribution in [-0.2, 0) is 11.3 Å². The quantitative estimate of drug-likeness (QED) is 0.943. The van der Waals surface area contributed by atoms with Gasteiger partial charge in [-0.15, -0.1) is 11.8 Å². The van der Waals surface area contributed by atoms with Crippen molar-refractivity contribution in [3.8, 4) is 0 Å². The summed E-state index contributed by atoms with van der Waals surface area (Å²) in [4.78, 5) is 26.7. The molecule has 2 aliphatic heterocycles. The lowest BCUT2D eigenvalue weighted by Crippen LogP contribution is -2.45. The number of benzene rings is 1. The molecule has 0 spiro atoms. The zero-order chi connectivity index (χ0) is 15.1. The van der Waals surface area contributed by atoms with Crippen molar-refractivity contribution in [1.82, 2.24) is 10.2 Å². The molecule has 0 unspecified atom stereocenters. The van der Waals surface area contributed by atoms with E-state index < -0.39 is 6.04 Å². The Morgan fingerprint density at radius 2 is 2.18 bits per heavy atom. The summed E-state index contributed by atoms with van der Waals surface area (Å²) in [7, 11) is 0. The van der Waals surface area contributed by atoms with Gasteiger partial charge in [0.05, 0.1) is 12.8 Å². The molecule has 2 aliphatic rings. The van der Waals surface area contributed by atoms with Crippen LogP contribution in [0.15, 0.2) is 47.1 Å². The molecule has 6 heteroatoms. The number of nitrogens with one attached hydrogen (secondary N) is 1. The topological polar surface area (TPSA) is 62.6 Å². The average Bonchev–Trinajstić information content (AvgIpc) is 3.25. The van der Waals surface area contributed by atoms with Gasteiger partial charge in [-0.1, -0.05) is 18.2 Å². The van der Waals surface area contributed by atoms with Crippen LogP contribution in [0.2, 0.25) is 0 Å². The van der Waals surface area contributed by atoms with Gasteiger partial charge < -0.3 is 14.6 Å². The molecule has 5 nitrogen and oxygen atoms in total. The van der Waals surface area contributed by atoms with Gasteiger partial charge in [0.15, 0.2) is 0 Å². The number of hydrogen-bond acceptors (Lipinski definition) is 4. The molecular weight excluding hydrogens is 300 g/mol. The fourth-order valence-corrected chi connectivity index (χ4v) is 4.41. The first-order chi connectivity index (χ1) is 10.8. The van der Waals surface area contributed by atoms with E-state index >= 15 is 0 Å². The van der Waals surface area contributed by atoms with Gasteiger partial charge in [0.2, 0.25) is 5.91 Å². The third-order valence-electron chi connectivity index (χ3n) is 4.01. The van der Waals surface area contributed by atoms with E-state index in [9.17, 15) is 9.59 Å². The fraction of sp³-hybridized carbons (Fsp3) is 0.250. The Labute approximate surface area is 131 Å². The number of carbonyl (C=O) groups excluding carboxylic acids is 2. The van der Waals surface area contributed by atoms with Crippen molar-refractivity contribution in [2.75, 3.05) is 5.75 Å². The van der Waals surface area contributed by atoms with E-state index in [0.717, 1.165) is 5.56 Å². The Bertz CT molecular complexity index is 729. The Morgan fingerprint density at radius 1 is 1.32 bits per heavy atom. The summed E-state index contributed by atoms with van der Waals surface area (Å²) >= 11 is 1.64. The van der Waals surface area contributed by atoms with Crippen molar-refractivity contribution in [2.45, 2.75) is 18.0 Å². The van der Waals surface area contributed by atoms with Crippen LogP contribution in [0.4, 0.5) is 0 Å². The minimum Gasteiger partial charge on any atom is -0.467 e. The lowest BCUT2D eigenvalue weighted by Gasteiger charge is -2.22. The highest BCUT2D eigenvalue weighted by Crippen LogP contribution is 2.47. The van der Waals surface area contributed by atoms with Gasteiger partial charge in [-0.2, -0.15) is 0 Å². The largest absolute Gasteiger partial charge is 0.467 e.